The first-order valence-electron chi connectivity index (χ1n) is 13.4. The molecule has 0 unspecified atom stereocenters. The van der Waals surface area contributed by atoms with Crippen molar-refractivity contribution in [1.29, 1.82) is 0 Å². The lowest BCUT2D eigenvalue weighted by Crippen LogP contribution is -2.43. The number of nitrogens with one attached hydrogen (secondary N) is 1. The number of ether oxygens (including phenoxy) is 1. The lowest BCUT2D eigenvalue weighted by atomic mass is 9.65. The number of halogens is 3. The summed E-state index contributed by atoms with van der Waals surface area (Å²) in [6, 6.07) is 5.05. The fraction of sp³-hybridized carbons (Fsp3) is 0.500. The zero-order valence-corrected chi connectivity index (χ0v) is 23.5. The highest BCUT2D eigenvalue weighted by Crippen LogP contribution is 2.55. The van der Waals surface area contributed by atoms with Crippen molar-refractivity contribution in [2.24, 2.45) is 11.1 Å². The Morgan fingerprint density at radius 3 is 2.59 bits per heavy atom. The van der Waals surface area contributed by atoms with Crippen LogP contribution in [-0.4, -0.2) is 62.2 Å². The molecule has 3 N–H and O–H groups in total. The van der Waals surface area contributed by atoms with Crippen LogP contribution in [0.3, 0.4) is 0 Å². The molecule has 2 fully saturated rings. The lowest BCUT2D eigenvalue weighted by molar-refractivity contribution is -0.137. The molecule has 1 saturated heterocycles. The van der Waals surface area contributed by atoms with Crippen molar-refractivity contribution < 1.29 is 27.5 Å². The Morgan fingerprint density at radius 2 is 1.95 bits per heavy atom. The molecule has 0 radical (unpaired) electrons. The van der Waals surface area contributed by atoms with E-state index in [1.54, 1.807) is 28.9 Å². The van der Waals surface area contributed by atoms with E-state index >= 15 is 0 Å². The molecule has 0 bridgehead atoms. The molecule has 220 valence electrons. The predicted molar refractivity (Wildman–Crippen MR) is 145 cm³/mol. The van der Waals surface area contributed by atoms with Crippen LogP contribution in [0.2, 0.25) is 0 Å². The van der Waals surface area contributed by atoms with Crippen LogP contribution in [0.5, 0.6) is 0 Å². The second-order valence-electron chi connectivity index (χ2n) is 12.0. The van der Waals surface area contributed by atoms with Crippen LogP contribution in [0, 0.1) is 5.41 Å². The molecule has 2 aromatic heterocycles. The number of aromatic nitrogens is 4. The van der Waals surface area contributed by atoms with Crippen molar-refractivity contribution in [2.45, 2.75) is 64.4 Å². The van der Waals surface area contributed by atoms with Gasteiger partial charge in [0.05, 0.1) is 24.3 Å². The number of carbonyl (C=O) groups is 2. The number of carbonyl (C=O) groups excluding carboxylic acids is 2. The highest BCUT2D eigenvalue weighted by Gasteiger charge is 2.51. The largest absolute Gasteiger partial charge is 0.444 e. The molecular formula is C28H34F3N7O3. The van der Waals surface area contributed by atoms with Crippen LogP contribution in [0.25, 0.3) is 11.3 Å². The Labute approximate surface area is 235 Å². The average molecular weight is 574 g/mol. The molecule has 2 aliphatic rings. The van der Waals surface area contributed by atoms with Gasteiger partial charge in [0.15, 0.2) is 0 Å². The number of nitrogens with two attached hydrogens (primary N) is 1. The van der Waals surface area contributed by atoms with Crippen LogP contribution in [0.4, 0.5) is 23.8 Å². The maximum Gasteiger partial charge on any atom is 0.416 e. The van der Waals surface area contributed by atoms with Crippen LogP contribution >= 0.6 is 0 Å². The number of amides is 2. The normalized spacial score (nSPS) is 20.8. The van der Waals surface area contributed by atoms with Crippen LogP contribution in [-0.2, 0) is 17.5 Å². The molecular weight excluding hydrogens is 539 g/mol. The second kappa shape index (κ2) is 10.1. The van der Waals surface area contributed by atoms with E-state index in [9.17, 15) is 22.8 Å². The Bertz CT molecular complexity index is 1470. The van der Waals surface area contributed by atoms with Gasteiger partial charge in [0, 0.05) is 31.9 Å². The number of rotatable bonds is 6. The Morgan fingerprint density at radius 1 is 1.22 bits per heavy atom. The van der Waals surface area contributed by atoms with Crippen molar-refractivity contribution >= 4 is 17.8 Å². The summed E-state index contributed by atoms with van der Waals surface area (Å²) < 4.78 is 48.2. The molecule has 1 aromatic carbocycles. The number of anilines is 1. The molecule has 3 heterocycles. The highest BCUT2D eigenvalue weighted by atomic mass is 19.4. The molecule has 41 heavy (non-hydrogen) atoms. The van der Waals surface area contributed by atoms with Gasteiger partial charge in [0.25, 0.3) is 5.91 Å². The molecule has 1 aliphatic heterocycles. The summed E-state index contributed by atoms with van der Waals surface area (Å²) in [4.78, 5) is 26.9. The summed E-state index contributed by atoms with van der Waals surface area (Å²) in [6.45, 7) is 6.87. The van der Waals surface area contributed by atoms with Gasteiger partial charge >= 0.3 is 12.3 Å². The third-order valence-corrected chi connectivity index (χ3v) is 7.67. The predicted octanol–water partition coefficient (Wildman–Crippen LogP) is 4.92. The maximum absolute atomic E-state index is 13.1. The third kappa shape index (κ3) is 5.75. The van der Waals surface area contributed by atoms with Crippen LogP contribution < -0.4 is 11.1 Å². The summed E-state index contributed by atoms with van der Waals surface area (Å²) in [5.41, 5.74) is 5.97. The second-order valence-corrected chi connectivity index (χ2v) is 12.0. The molecule has 3 aromatic rings. The molecule has 10 nitrogen and oxygen atoms in total. The topological polar surface area (TPSA) is 120 Å². The van der Waals surface area contributed by atoms with Gasteiger partial charge in [-0.1, -0.05) is 12.1 Å². The number of primary amides is 1. The average Bonchev–Trinajstić information content (AvgIpc) is 3.58. The minimum Gasteiger partial charge on any atom is -0.444 e. The zero-order chi connectivity index (χ0) is 29.7. The molecule has 0 atom stereocenters. The van der Waals surface area contributed by atoms with E-state index in [0.29, 0.717) is 35.7 Å². The van der Waals surface area contributed by atoms with Crippen LogP contribution in [0.15, 0.2) is 36.7 Å². The van der Waals surface area contributed by atoms with E-state index < -0.39 is 23.2 Å². The van der Waals surface area contributed by atoms with Gasteiger partial charge in [0.1, 0.15) is 22.7 Å². The Hall–Kier alpha value is -4.03. The summed E-state index contributed by atoms with van der Waals surface area (Å²) in [7, 11) is 1.69. The number of hydrogen-bond donors (Lipinski definition) is 2. The molecule has 5 rings (SSSR count). The van der Waals surface area contributed by atoms with E-state index in [0.717, 1.165) is 31.4 Å². The minimum atomic E-state index is -4.44. The molecule has 2 amide bonds. The first-order chi connectivity index (χ1) is 19.2. The van der Waals surface area contributed by atoms with Gasteiger partial charge in [-0.05, 0) is 63.1 Å². The highest BCUT2D eigenvalue weighted by molar-refractivity contribution is 6.03. The molecule has 1 saturated carbocycles. The maximum atomic E-state index is 13.1. The molecule has 13 heteroatoms. The van der Waals surface area contributed by atoms with Crippen molar-refractivity contribution in [3.63, 3.8) is 0 Å². The number of alkyl halides is 3. The van der Waals surface area contributed by atoms with Gasteiger partial charge in [-0.15, -0.1) is 0 Å². The van der Waals surface area contributed by atoms with Gasteiger partial charge in [-0.2, -0.15) is 23.4 Å². The first-order valence-corrected chi connectivity index (χ1v) is 13.4. The fourth-order valence-corrected chi connectivity index (χ4v) is 5.84. The van der Waals surface area contributed by atoms with E-state index in [-0.39, 0.29) is 29.7 Å². The first kappa shape index (κ1) is 28.5. The molecule has 1 spiro atoms. The van der Waals surface area contributed by atoms with E-state index in [1.165, 1.54) is 16.9 Å². The summed E-state index contributed by atoms with van der Waals surface area (Å²) in [5.74, 6) is -0.174. The third-order valence-electron chi connectivity index (χ3n) is 7.67. The minimum absolute atomic E-state index is 0.0111. The van der Waals surface area contributed by atoms with Gasteiger partial charge in [-0.25, -0.2) is 9.48 Å². The van der Waals surface area contributed by atoms with Crippen molar-refractivity contribution in [2.75, 3.05) is 25.5 Å². The van der Waals surface area contributed by atoms with Crippen molar-refractivity contribution in [3.05, 3.63) is 53.3 Å². The SMILES string of the molecule is CNc1c(C(N)=O)c(-c2cnn(Cc3cccc(C(F)(F)F)c3)c2)nn1[C@H]1C[C@@]2(CCN(C(=O)OC(C)(C)C)C2)C1. The summed E-state index contributed by atoms with van der Waals surface area (Å²) in [6.07, 6.45) is 0.806. The summed E-state index contributed by atoms with van der Waals surface area (Å²) >= 11 is 0. The lowest BCUT2D eigenvalue weighted by Gasteiger charge is -2.45. The molecule has 1 aliphatic carbocycles. The van der Waals surface area contributed by atoms with Gasteiger partial charge in [0.2, 0.25) is 0 Å². The number of hydrogen-bond acceptors (Lipinski definition) is 6. The Kier molecular flexibility index (Phi) is 7.03. The van der Waals surface area contributed by atoms with Crippen molar-refractivity contribution in [1.82, 2.24) is 24.5 Å². The quantitative estimate of drug-likeness (QED) is 0.432. The van der Waals surface area contributed by atoms with Gasteiger partial charge in [-0.3, -0.25) is 9.48 Å². The van der Waals surface area contributed by atoms with Crippen LogP contribution in [0.1, 0.15) is 67.6 Å². The smallest absolute Gasteiger partial charge is 0.416 e. The number of nitrogens with zero attached hydrogens (tertiary/aromatic N) is 5. The van der Waals surface area contributed by atoms with E-state index in [1.807, 2.05) is 20.8 Å². The zero-order valence-electron chi connectivity index (χ0n) is 23.5. The number of likely N-dealkylation sites (tertiary alicyclic amines) is 1. The summed E-state index contributed by atoms with van der Waals surface area (Å²) in [5, 5.41) is 12.1. The standard InChI is InChI=1S/C28H34F3N7O3/c1-26(2,3)41-25(40)36-9-8-27(16-36)11-20(12-27)38-24(33-4)21(23(32)39)22(35-38)18-13-34-37(15-18)14-17-6-5-7-19(10-17)28(29,30)31/h5-7,10,13,15,20,33H,8-9,11-12,14,16H2,1-4H3,(H2,32,39)/t20-,27-. The van der Waals surface area contributed by atoms with E-state index in [4.69, 9.17) is 15.6 Å². The van der Waals surface area contributed by atoms with Gasteiger partial charge < -0.3 is 20.7 Å². The Balaban J connectivity index is 1.35. The fourth-order valence-electron chi connectivity index (χ4n) is 5.84. The number of benzene rings is 1. The van der Waals surface area contributed by atoms with Crippen molar-refractivity contribution in [3.8, 4) is 11.3 Å². The van der Waals surface area contributed by atoms with E-state index in [2.05, 4.69) is 10.4 Å². The monoisotopic (exact) mass is 573 g/mol.